The number of nitriles is 1. The van der Waals surface area contributed by atoms with Gasteiger partial charge in [-0.15, -0.1) is 0 Å². The molecule has 0 spiro atoms. The van der Waals surface area contributed by atoms with Gasteiger partial charge in [-0.1, -0.05) is 49.0 Å². The molecule has 0 aliphatic heterocycles. The van der Waals surface area contributed by atoms with Gasteiger partial charge in [0.25, 0.3) is 0 Å². The Balaban J connectivity index is 1.94. The number of benzene rings is 3. The van der Waals surface area contributed by atoms with Gasteiger partial charge in [-0.3, -0.25) is 0 Å². The molecule has 0 fully saturated rings. The van der Waals surface area contributed by atoms with Gasteiger partial charge in [-0.2, -0.15) is 5.26 Å². The maximum Gasteiger partial charge on any atom is 0.0991 e. The molecule has 0 radical (unpaired) electrons. The number of hydrogen-bond acceptors (Lipinski definition) is 1. The molecule has 0 bridgehead atoms. The molecule has 0 aliphatic carbocycles. The minimum atomic E-state index is 0.489. The molecule has 4 rings (SSSR count). The molecule has 3 aromatic carbocycles. The van der Waals surface area contributed by atoms with E-state index in [1.807, 2.05) is 18.2 Å². The molecular weight excluding hydrogens is 292 g/mol. The van der Waals surface area contributed by atoms with Crippen LogP contribution in [0.2, 0.25) is 0 Å². The molecule has 4 aromatic rings. The summed E-state index contributed by atoms with van der Waals surface area (Å²) in [6.07, 6.45) is 0. The minimum Gasteiger partial charge on any atom is -0.344 e. The van der Waals surface area contributed by atoms with Gasteiger partial charge >= 0.3 is 0 Å². The Hall–Kier alpha value is -3.31. The van der Waals surface area contributed by atoms with Crippen molar-refractivity contribution < 1.29 is 0 Å². The summed E-state index contributed by atoms with van der Waals surface area (Å²) < 4.78 is 2.22. The predicted molar refractivity (Wildman–Crippen MR) is 101 cm³/mol. The van der Waals surface area contributed by atoms with E-state index in [1.165, 1.54) is 21.8 Å². The first-order valence-electron chi connectivity index (χ1n) is 7.86. The van der Waals surface area contributed by atoms with Crippen LogP contribution < -0.4 is 0 Å². The summed E-state index contributed by atoms with van der Waals surface area (Å²) >= 11 is 0. The number of aromatic nitrogens is 1. The number of nitrogens with zero attached hydrogens (tertiary/aromatic N) is 2. The molecule has 2 heteroatoms. The lowest BCUT2D eigenvalue weighted by Crippen LogP contribution is -1.86. The molecule has 0 unspecified atom stereocenters. The van der Waals surface area contributed by atoms with E-state index in [2.05, 4.69) is 72.8 Å². The Labute approximate surface area is 140 Å². The van der Waals surface area contributed by atoms with Gasteiger partial charge in [0.15, 0.2) is 0 Å². The first kappa shape index (κ1) is 14.3. The van der Waals surface area contributed by atoms with Gasteiger partial charge in [0, 0.05) is 28.9 Å². The van der Waals surface area contributed by atoms with Crippen LogP contribution in [0.25, 0.3) is 38.5 Å². The first-order valence-corrected chi connectivity index (χ1v) is 7.86. The number of rotatable bonds is 2. The highest BCUT2D eigenvalue weighted by atomic mass is 14.9. The monoisotopic (exact) mass is 308 g/mol. The van der Waals surface area contributed by atoms with Gasteiger partial charge in [-0.25, -0.2) is 0 Å². The molecule has 0 amide bonds. The van der Waals surface area contributed by atoms with E-state index in [-0.39, 0.29) is 0 Å². The van der Waals surface area contributed by atoms with Crippen LogP contribution in [0.15, 0.2) is 73.3 Å². The smallest absolute Gasteiger partial charge is 0.0991 e. The maximum atomic E-state index is 9.06. The standard InChI is InChI=1S/C22H16N2/c1-15(14-23)16-6-5-7-17(12-16)18-10-11-22-20(13-18)19-8-3-4-9-21(19)24(22)2/h3-13H,1H2,2H3. The molecule has 114 valence electrons. The first-order chi connectivity index (χ1) is 11.7. The molecule has 0 atom stereocenters. The molecule has 1 aromatic heterocycles. The van der Waals surface area contributed by atoms with Gasteiger partial charge in [0.05, 0.1) is 11.6 Å². The third-order valence-electron chi connectivity index (χ3n) is 4.59. The molecular formula is C22H16N2. The van der Waals surface area contributed by atoms with E-state index < -0.39 is 0 Å². The van der Waals surface area contributed by atoms with Gasteiger partial charge < -0.3 is 4.57 Å². The zero-order valence-corrected chi connectivity index (χ0v) is 13.5. The summed E-state index contributed by atoms with van der Waals surface area (Å²) in [4.78, 5) is 0. The quantitative estimate of drug-likeness (QED) is 0.447. The SMILES string of the molecule is C=C(C#N)c1cccc(-c2ccc3c(c2)c2ccccc2n3C)c1. The largest absolute Gasteiger partial charge is 0.344 e. The van der Waals surface area contributed by atoms with Gasteiger partial charge in [0.2, 0.25) is 0 Å². The highest BCUT2D eigenvalue weighted by molar-refractivity contribution is 6.09. The van der Waals surface area contributed by atoms with E-state index in [1.54, 1.807) is 0 Å². The van der Waals surface area contributed by atoms with Crippen molar-refractivity contribution in [2.75, 3.05) is 0 Å². The maximum absolute atomic E-state index is 9.06. The van der Waals surface area contributed by atoms with Crippen molar-refractivity contribution in [2.45, 2.75) is 0 Å². The summed E-state index contributed by atoms with van der Waals surface area (Å²) in [5.74, 6) is 0. The van der Waals surface area contributed by atoms with Crippen LogP contribution in [0.5, 0.6) is 0 Å². The summed E-state index contributed by atoms with van der Waals surface area (Å²) in [5, 5.41) is 11.6. The van der Waals surface area contributed by atoms with Crippen LogP contribution in [0, 0.1) is 11.3 Å². The van der Waals surface area contributed by atoms with E-state index >= 15 is 0 Å². The van der Waals surface area contributed by atoms with Crippen LogP contribution in [-0.2, 0) is 7.05 Å². The second kappa shape index (κ2) is 5.40. The molecule has 24 heavy (non-hydrogen) atoms. The number of para-hydroxylation sites is 1. The number of fused-ring (bicyclic) bond motifs is 3. The van der Waals surface area contributed by atoms with E-state index in [0.717, 1.165) is 16.7 Å². The molecule has 0 saturated heterocycles. The Morgan fingerprint density at radius 3 is 2.46 bits per heavy atom. The lowest BCUT2D eigenvalue weighted by molar-refractivity contribution is 1.01. The summed E-state index contributed by atoms with van der Waals surface area (Å²) in [6.45, 7) is 3.81. The Bertz CT molecular complexity index is 1140. The average Bonchev–Trinajstić information content (AvgIpc) is 2.93. The second-order valence-electron chi connectivity index (χ2n) is 5.98. The Morgan fingerprint density at radius 1 is 0.875 bits per heavy atom. The van der Waals surface area contributed by atoms with Crippen molar-refractivity contribution in [1.29, 1.82) is 5.26 Å². The van der Waals surface area contributed by atoms with Gasteiger partial charge in [0.1, 0.15) is 0 Å². The topological polar surface area (TPSA) is 28.7 Å². The number of hydrogen-bond donors (Lipinski definition) is 0. The van der Waals surface area contributed by atoms with Crippen molar-refractivity contribution in [2.24, 2.45) is 7.05 Å². The lowest BCUT2D eigenvalue weighted by Gasteiger charge is -2.05. The third kappa shape index (κ3) is 2.11. The zero-order valence-electron chi connectivity index (χ0n) is 13.5. The fourth-order valence-corrected chi connectivity index (χ4v) is 3.30. The van der Waals surface area contributed by atoms with Crippen molar-refractivity contribution >= 4 is 27.4 Å². The van der Waals surface area contributed by atoms with Crippen molar-refractivity contribution in [3.8, 4) is 17.2 Å². The summed E-state index contributed by atoms with van der Waals surface area (Å²) in [6, 6.07) is 25.1. The van der Waals surface area contributed by atoms with Crippen LogP contribution >= 0.6 is 0 Å². The van der Waals surface area contributed by atoms with E-state index in [4.69, 9.17) is 5.26 Å². The van der Waals surface area contributed by atoms with E-state index in [9.17, 15) is 0 Å². The number of allylic oxidation sites excluding steroid dienone is 1. The Kier molecular flexibility index (Phi) is 3.22. The number of aryl methyl sites for hydroxylation is 1. The zero-order chi connectivity index (χ0) is 16.7. The lowest BCUT2D eigenvalue weighted by atomic mass is 9.99. The Morgan fingerprint density at radius 2 is 1.62 bits per heavy atom. The van der Waals surface area contributed by atoms with Crippen molar-refractivity contribution in [3.05, 3.63) is 78.9 Å². The third-order valence-corrected chi connectivity index (χ3v) is 4.59. The molecule has 0 saturated carbocycles. The fraction of sp³-hybridized carbons (Fsp3) is 0.0455. The van der Waals surface area contributed by atoms with Gasteiger partial charge in [-0.05, 0) is 41.0 Å². The normalized spacial score (nSPS) is 10.8. The molecule has 2 nitrogen and oxygen atoms in total. The summed E-state index contributed by atoms with van der Waals surface area (Å²) in [5.41, 5.74) is 6.05. The summed E-state index contributed by atoms with van der Waals surface area (Å²) in [7, 11) is 2.10. The molecule has 1 heterocycles. The van der Waals surface area contributed by atoms with Crippen molar-refractivity contribution in [3.63, 3.8) is 0 Å². The predicted octanol–water partition coefficient (Wildman–Crippen LogP) is 5.54. The van der Waals surface area contributed by atoms with Crippen LogP contribution in [-0.4, -0.2) is 4.57 Å². The van der Waals surface area contributed by atoms with Crippen LogP contribution in [0.3, 0.4) is 0 Å². The highest BCUT2D eigenvalue weighted by Crippen LogP contribution is 2.32. The second-order valence-corrected chi connectivity index (χ2v) is 5.98. The van der Waals surface area contributed by atoms with Crippen LogP contribution in [0.1, 0.15) is 5.56 Å². The average molecular weight is 308 g/mol. The highest BCUT2D eigenvalue weighted by Gasteiger charge is 2.09. The van der Waals surface area contributed by atoms with Crippen LogP contribution in [0.4, 0.5) is 0 Å². The fourth-order valence-electron chi connectivity index (χ4n) is 3.30. The van der Waals surface area contributed by atoms with Crippen molar-refractivity contribution in [1.82, 2.24) is 4.57 Å². The molecule has 0 aliphatic rings. The minimum absolute atomic E-state index is 0.489. The van der Waals surface area contributed by atoms with E-state index in [0.29, 0.717) is 5.57 Å². The molecule has 0 N–H and O–H groups in total.